The maximum Gasteiger partial charge on any atom is 0.263 e. The number of benzene rings is 1. The van der Waals surface area contributed by atoms with E-state index in [2.05, 4.69) is 12.2 Å². The van der Waals surface area contributed by atoms with E-state index in [0.29, 0.717) is 22.5 Å². The third kappa shape index (κ3) is 2.32. The molecule has 3 rings (SSSR count). The zero-order chi connectivity index (χ0) is 13.4. The summed E-state index contributed by atoms with van der Waals surface area (Å²) in [7, 11) is 0. The number of nitrogens with two attached hydrogens (primary N) is 1. The van der Waals surface area contributed by atoms with E-state index in [-0.39, 0.29) is 5.91 Å². The zero-order valence-electron chi connectivity index (χ0n) is 11.0. The molecule has 0 bridgehead atoms. The largest absolute Gasteiger partial charge is 0.397 e. The molecular formula is C15H18N2OS. The number of thiophene rings is 1. The van der Waals surface area contributed by atoms with Gasteiger partial charge in [-0.15, -0.1) is 11.3 Å². The number of carbonyl (C=O) groups excluding carboxylic acids is 1. The van der Waals surface area contributed by atoms with Crippen molar-refractivity contribution in [2.24, 2.45) is 5.92 Å². The summed E-state index contributed by atoms with van der Waals surface area (Å²) < 4.78 is 1.08. The Hall–Kier alpha value is -1.55. The number of nitrogens with one attached hydrogen (secondary N) is 1. The number of carbonyl (C=O) groups is 1. The molecule has 1 fully saturated rings. The van der Waals surface area contributed by atoms with Crippen molar-refractivity contribution in [1.29, 1.82) is 0 Å². The highest BCUT2D eigenvalue weighted by Crippen LogP contribution is 2.37. The fourth-order valence-electron chi connectivity index (χ4n) is 2.58. The predicted octanol–water partition coefficient (Wildman–Crippen LogP) is 3.40. The first-order chi connectivity index (χ1) is 9.20. The maximum atomic E-state index is 12.3. The smallest absolute Gasteiger partial charge is 0.263 e. The van der Waals surface area contributed by atoms with Crippen molar-refractivity contribution in [2.45, 2.75) is 32.2 Å². The molecule has 0 aliphatic heterocycles. The first-order valence-corrected chi connectivity index (χ1v) is 7.60. The summed E-state index contributed by atoms with van der Waals surface area (Å²) in [4.78, 5) is 12.9. The molecule has 3 N–H and O–H groups in total. The second-order valence-corrected chi connectivity index (χ2v) is 6.26. The number of amides is 1. The molecule has 1 aliphatic carbocycles. The van der Waals surface area contributed by atoms with Gasteiger partial charge >= 0.3 is 0 Å². The van der Waals surface area contributed by atoms with Crippen LogP contribution >= 0.6 is 11.3 Å². The SMILES string of the molecule is CCCC1CC1NC(=O)c1sc2ccccc2c1N. The summed E-state index contributed by atoms with van der Waals surface area (Å²) in [5.41, 5.74) is 6.70. The van der Waals surface area contributed by atoms with E-state index < -0.39 is 0 Å². The summed E-state index contributed by atoms with van der Waals surface area (Å²) in [6.45, 7) is 2.18. The molecule has 2 aromatic rings. The summed E-state index contributed by atoms with van der Waals surface area (Å²) in [6.07, 6.45) is 3.50. The lowest BCUT2D eigenvalue weighted by Gasteiger charge is -2.03. The number of fused-ring (bicyclic) bond motifs is 1. The average molecular weight is 274 g/mol. The third-order valence-corrected chi connectivity index (χ3v) is 4.92. The molecule has 0 spiro atoms. The van der Waals surface area contributed by atoms with Crippen molar-refractivity contribution in [2.75, 3.05) is 5.73 Å². The van der Waals surface area contributed by atoms with Gasteiger partial charge in [-0.3, -0.25) is 4.79 Å². The Balaban J connectivity index is 1.77. The van der Waals surface area contributed by atoms with Crippen LogP contribution in [0.4, 0.5) is 5.69 Å². The van der Waals surface area contributed by atoms with E-state index in [1.165, 1.54) is 24.2 Å². The number of rotatable bonds is 4. The Morgan fingerprint density at radius 1 is 1.47 bits per heavy atom. The molecular weight excluding hydrogens is 256 g/mol. The molecule has 1 aromatic carbocycles. The van der Waals surface area contributed by atoms with Crippen LogP contribution in [-0.2, 0) is 0 Å². The Labute approximate surface area is 116 Å². The normalized spacial score (nSPS) is 21.5. The Bertz CT molecular complexity index is 620. The van der Waals surface area contributed by atoms with Crippen molar-refractivity contribution < 1.29 is 4.79 Å². The van der Waals surface area contributed by atoms with Gasteiger partial charge in [0.15, 0.2) is 0 Å². The van der Waals surface area contributed by atoms with Crippen molar-refractivity contribution in [3.8, 4) is 0 Å². The van der Waals surface area contributed by atoms with Crippen LogP contribution in [0.2, 0.25) is 0 Å². The Morgan fingerprint density at radius 3 is 3.00 bits per heavy atom. The molecule has 19 heavy (non-hydrogen) atoms. The van der Waals surface area contributed by atoms with E-state index >= 15 is 0 Å². The van der Waals surface area contributed by atoms with E-state index in [1.807, 2.05) is 24.3 Å². The van der Waals surface area contributed by atoms with Crippen molar-refractivity contribution in [1.82, 2.24) is 5.32 Å². The molecule has 0 saturated heterocycles. The van der Waals surface area contributed by atoms with Gasteiger partial charge < -0.3 is 11.1 Å². The molecule has 1 aliphatic rings. The first kappa shape index (κ1) is 12.5. The summed E-state index contributed by atoms with van der Waals surface area (Å²) >= 11 is 1.48. The highest BCUT2D eigenvalue weighted by molar-refractivity contribution is 7.21. The van der Waals surface area contributed by atoms with Crippen molar-refractivity contribution in [3.05, 3.63) is 29.1 Å². The van der Waals surface area contributed by atoms with Gasteiger partial charge in [-0.25, -0.2) is 0 Å². The monoisotopic (exact) mass is 274 g/mol. The average Bonchev–Trinajstić information content (AvgIpc) is 3.04. The standard InChI is InChI=1S/C15H18N2OS/c1-2-5-9-8-11(9)17-15(18)14-13(16)10-6-3-4-7-12(10)19-14/h3-4,6-7,9,11H,2,5,8,16H2,1H3,(H,17,18). The predicted molar refractivity (Wildman–Crippen MR) is 80.5 cm³/mol. The second kappa shape index (κ2) is 4.85. The van der Waals surface area contributed by atoms with Crippen LogP contribution in [0.3, 0.4) is 0 Å². The molecule has 1 heterocycles. The Kier molecular flexibility index (Phi) is 3.19. The third-order valence-electron chi connectivity index (χ3n) is 3.74. The highest BCUT2D eigenvalue weighted by Gasteiger charge is 2.37. The minimum Gasteiger partial charge on any atom is -0.397 e. The van der Waals surface area contributed by atoms with Crippen LogP contribution in [0.5, 0.6) is 0 Å². The molecule has 1 amide bonds. The van der Waals surface area contributed by atoms with Crippen molar-refractivity contribution >= 4 is 33.0 Å². The molecule has 2 atom stereocenters. The zero-order valence-corrected chi connectivity index (χ0v) is 11.8. The lowest BCUT2D eigenvalue weighted by Crippen LogP contribution is -2.26. The van der Waals surface area contributed by atoms with Crippen molar-refractivity contribution in [3.63, 3.8) is 0 Å². The lowest BCUT2D eigenvalue weighted by atomic mass is 10.2. The number of anilines is 1. The van der Waals surface area contributed by atoms with Crippen LogP contribution in [-0.4, -0.2) is 11.9 Å². The van der Waals surface area contributed by atoms with E-state index in [0.717, 1.165) is 16.5 Å². The van der Waals surface area contributed by atoms with Gasteiger partial charge in [0.05, 0.1) is 5.69 Å². The topological polar surface area (TPSA) is 55.1 Å². The number of nitrogen functional groups attached to an aromatic ring is 1. The Morgan fingerprint density at radius 2 is 2.26 bits per heavy atom. The molecule has 4 heteroatoms. The summed E-state index contributed by atoms with van der Waals surface area (Å²) in [5, 5.41) is 4.08. The molecule has 0 radical (unpaired) electrons. The van der Waals surface area contributed by atoms with Crippen LogP contribution in [0.1, 0.15) is 35.9 Å². The van der Waals surface area contributed by atoms with Gasteiger partial charge in [0.2, 0.25) is 0 Å². The van der Waals surface area contributed by atoms with Gasteiger partial charge in [0, 0.05) is 16.1 Å². The minimum atomic E-state index is -0.0118. The first-order valence-electron chi connectivity index (χ1n) is 6.78. The second-order valence-electron chi connectivity index (χ2n) is 5.21. The van der Waals surface area contributed by atoms with Crippen LogP contribution < -0.4 is 11.1 Å². The van der Waals surface area contributed by atoms with Gasteiger partial charge in [0.1, 0.15) is 4.88 Å². The fraction of sp³-hybridized carbons (Fsp3) is 0.400. The van der Waals surface area contributed by atoms with Gasteiger partial charge in [-0.1, -0.05) is 31.5 Å². The maximum absolute atomic E-state index is 12.3. The molecule has 100 valence electrons. The quantitative estimate of drug-likeness (QED) is 0.897. The van der Waals surface area contributed by atoms with Crippen LogP contribution in [0.15, 0.2) is 24.3 Å². The molecule has 2 unspecified atom stereocenters. The van der Waals surface area contributed by atoms with Gasteiger partial charge in [-0.05, 0) is 24.8 Å². The van der Waals surface area contributed by atoms with E-state index in [9.17, 15) is 4.79 Å². The minimum absolute atomic E-state index is 0.0118. The summed E-state index contributed by atoms with van der Waals surface area (Å²) in [5.74, 6) is 0.659. The van der Waals surface area contributed by atoms with E-state index in [4.69, 9.17) is 5.73 Å². The molecule has 3 nitrogen and oxygen atoms in total. The fourth-order valence-corrected chi connectivity index (χ4v) is 3.61. The number of hydrogen-bond acceptors (Lipinski definition) is 3. The van der Waals surface area contributed by atoms with Crippen LogP contribution in [0.25, 0.3) is 10.1 Å². The van der Waals surface area contributed by atoms with Gasteiger partial charge in [-0.2, -0.15) is 0 Å². The van der Waals surface area contributed by atoms with Gasteiger partial charge in [0.25, 0.3) is 5.91 Å². The number of hydrogen-bond donors (Lipinski definition) is 2. The summed E-state index contributed by atoms with van der Waals surface area (Å²) in [6, 6.07) is 8.25. The van der Waals surface area contributed by atoms with Crippen LogP contribution in [0, 0.1) is 5.92 Å². The van der Waals surface area contributed by atoms with E-state index in [1.54, 1.807) is 0 Å². The molecule has 1 saturated carbocycles. The molecule has 1 aromatic heterocycles. The lowest BCUT2D eigenvalue weighted by molar-refractivity contribution is 0.0954. The highest BCUT2D eigenvalue weighted by atomic mass is 32.1.